The maximum Gasteiger partial charge on any atom is 0.00374 e. The lowest BCUT2D eigenvalue weighted by Gasteiger charge is -1.98. The molecule has 0 unspecified atom stereocenters. The third-order valence-corrected chi connectivity index (χ3v) is 2.21. The summed E-state index contributed by atoms with van der Waals surface area (Å²) >= 11 is 0. The lowest BCUT2D eigenvalue weighted by Crippen LogP contribution is -1.88. The van der Waals surface area contributed by atoms with E-state index in [9.17, 15) is 0 Å². The summed E-state index contributed by atoms with van der Waals surface area (Å²) in [4.78, 5) is 3.07. The summed E-state index contributed by atoms with van der Waals surface area (Å²) < 4.78 is 0. The van der Waals surface area contributed by atoms with Crippen LogP contribution in [0.25, 0.3) is 0 Å². The van der Waals surface area contributed by atoms with Crippen molar-refractivity contribution in [3.8, 4) is 0 Å². The van der Waals surface area contributed by atoms with Crippen molar-refractivity contribution in [3.63, 3.8) is 0 Å². The molecule has 0 aliphatic rings. The Morgan fingerprint density at radius 3 is 2.31 bits per heavy atom. The number of nitrogens with one attached hydrogen (secondary N) is 1. The van der Waals surface area contributed by atoms with Crippen molar-refractivity contribution in [1.29, 1.82) is 0 Å². The summed E-state index contributed by atoms with van der Waals surface area (Å²) in [5.41, 5.74) is 2.78. The number of hydrogen-bond acceptors (Lipinski definition) is 0. The van der Waals surface area contributed by atoms with Gasteiger partial charge in [-0.05, 0) is 30.0 Å². The zero-order chi connectivity index (χ0) is 8.93. The average molecular weight is 171 g/mol. The summed E-state index contributed by atoms with van der Waals surface area (Å²) in [6, 6.07) is 12.7. The van der Waals surface area contributed by atoms with Gasteiger partial charge in [-0.3, -0.25) is 0 Å². The first-order chi connectivity index (χ1) is 6.45. The van der Waals surface area contributed by atoms with Crippen molar-refractivity contribution in [2.45, 2.75) is 12.8 Å². The van der Waals surface area contributed by atoms with Crippen LogP contribution in [0.1, 0.15) is 11.1 Å². The molecular weight excluding hydrogens is 158 g/mol. The van der Waals surface area contributed by atoms with Gasteiger partial charge in [0.05, 0.1) is 0 Å². The van der Waals surface area contributed by atoms with E-state index in [4.69, 9.17) is 0 Å². The molecule has 0 amide bonds. The Morgan fingerprint density at radius 2 is 1.62 bits per heavy atom. The summed E-state index contributed by atoms with van der Waals surface area (Å²) in [7, 11) is 0. The van der Waals surface area contributed by atoms with E-state index in [1.165, 1.54) is 11.1 Å². The minimum Gasteiger partial charge on any atom is -0.367 e. The van der Waals surface area contributed by atoms with Crippen LogP contribution < -0.4 is 0 Å². The Bertz CT molecular complexity index is 335. The molecule has 2 rings (SSSR count). The van der Waals surface area contributed by atoms with Crippen molar-refractivity contribution in [3.05, 3.63) is 59.9 Å². The fraction of sp³-hybridized carbons (Fsp3) is 0.167. The smallest absolute Gasteiger partial charge is 0.00374 e. The molecule has 0 fully saturated rings. The molecule has 0 aliphatic carbocycles. The van der Waals surface area contributed by atoms with Gasteiger partial charge < -0.3 is 4.98 Å². The summed E-state index contributed by atoms with van der Waals surface area (Å²) in [6.45, 7) is 0. The van der Waals surface area contributed by atoms with E-state index in [-0.39, 0.29) is 0 Å². The molecule has 2 aromatic rings. The predicted molar refractivity (Wildman–Crippen MR) is 54.6 cm³/mol. The Labute approximate surface area is 78.4 Å². The number of H-pyrrole nitrogens is 1. The molecule has 1 nitrogen and oxygen atoms in total. The average Bonchev–Trinajstić information content (AvgIpc) is 2.69. The molecule has 0 atom stereocenters. The van der Waals surface area contributed by atoms with Gasteiger partial charge in [0.15, 0.2) is 0 Å². The second-order valence-electron chi connectivity index (χ2n) is 3.20. The molecule has 66 valence electrons. The highest BCUT2D eigenvalue weighted by Crippen LogP contribution is 2.05. The normalized spacial score (nSPS) is 10.2. The van der Waals surface area contributed by atoms with Crippen LogP contribution in [0.4, 0.5) is 0 Å². The molecule has 0 saturated carbocycles. The van der Waals surface area contributed by atoms with Crippen LogP contribution in [-0.2, 0) is 12.8 Å². The highest BCUT2D eigenvalue weighted by Gasteiger charge is 1.94. The van der Waals surface area contributed by atoms with Crippen LogP contribution in [-0.4, -0.2) is 4.98 Å². The van der Waals surface area contributed by atoms with E-state index in [1.54, 1.807) is 0 Å². The summed E-state index contributed by atoms with van der Waals surface area (Å²) in [5.74, 6) is 0. The van der Waals surface area contributed by atoms with Gasteiger partial charge in [-0.1, -0.05) is 30.3 Å². The van der Waals surface area contributed by atoms with Crippen LogP contribution in [0.15, 0.2) is 48.8 Å². The number of benzene rings is 1. The molecule has 13 heavy (non-hydrogen) atoms. The molecule has 0 spiro atoms. The van der Waals surface area contributed by atoms with E-state index < -0.39 is 0 Å². The van der Waals surface area contributed by atoms with Gasteiger partial charge in [0, 0.05) is 12.4 Å². The third kappa shape index (κ3) is 2.22. The van der Waals surface area contributed by atoms with E-state index in [0.717, 1.165) is 12.8 Å². The van der Waals surface area contributed by atoms with Crippen molar-refractivity contribution in [1.82, 2.24) is 4.98 Å². The van der Waals surface area contributed by atoms with E-state index in [1.807, 2.05) is 6.20 Å². The zero-order valence-electron chi connectivity index (χ0n) is 7.53. The van der Waals surface area contributed by atoms with Crippen molar-refractivity contribution in [2.75, 3.05) is 0 Å². The van der Waals surface area contributed by atoms with Gasteiger partial charge >= 0.3 is 0 Å². The molecule has 0 bridgehead atoms. The zero-order valence-corrected chi connectivity index (χ0v) is 7.53. The Kier molecular flexibility index (Phi) is 2.46. The number of hydrogen-bond donors (Lipinski definition) is 1. The second kappa shape index (κ2) is 3.94. The van der Waals surface area contributed by atoms with Gasteiger partial charge in [-0.25, -0.2) is 0 Å². The van der Waals surface area contributed by atoms with Crippen LogP contribution in [0, 0.1) is 0 Å². The molecule has 1 heterocycles. The SMILES string of the molecule is c1ccc(CCc2cc[nH]c2)cc1. The number of aromatic amines is 1. The molecule has 0 radical (unpaired) electrons. The van der Waals surface area contributed by atoms with Gasteiger partial charge in [0.1, 0.15) is 0 Å². The molecule has 1 aromatic carbocycles. The number of aromatic nitrogens is 1. The minimum atomic E-state index is 1.12. The quantitative estimate of drug-likeness (QED) is 0.731. The third-order valence-electron chi connectivity index (χ3n) is 2.21. The maximum atomic E-state index is 3.07. The predicted octanol–water partition coefficient (Wildman–Crippen LogP) is 2.80. The standard InChI is InChI=1S/C12H13N/c1-2-4-11(5-3-1)6-7-12-8-9-13-10-12/h1-5,8-10,13H,6-7H2. The molecule has 0 aliphatic heterocycles. The Hall–Kier alpha value is -1.50. The van der Waals surface area contributed by atoms with Gasteiger partial charge in [0.2, 0.25) is 0 Å². The maximum absolute atomic E-state index is 3.07. The van der Waals surface area contributed by atoms with Crippen LogP contribution in [0.5, 0.6) is 0 Å². The fourth-order valence-corrected chi connectivity index (χ4v) is 1.45. The Balaban J connectivity index is 1.94. The van der Waals surface area contributed by atoms with Crippen molar-refractivity contribution < 1.29 is 0 Å². The van der Waals surface area contributed by atoms with Crippen LogP contribution >= 0.6 is 0 Å². The topological polar surface area (TPSA) is 15.8 Å². The number of aryl methyl sites for hydroxylation is 2. The first kappa shape index (κ1) is 8.11. The molecule has 1 heteroatoms. The first-order valence-electron chi connectivity index (χ1n) is 4.61. The van der Waals surface area contributed by atoms with Crippen molar-refractivity contribution in [2.24, 2.45) is 0 Å². The second-order valence-corrected chi connectivity index (χ2v) is 3.20. The van der Waals surface area contributed by atoms with Crippen molar-refractivity contribution >= 4 is 0 Å². The highest BCUT2D eigenvalue weighted by molar-refractivity contribution is 5.17. The molecule has 1 N–H and O–H groups in total. The van der Waals surface area contributed by atoms with E-state index in [2.05, 4.69) is 47.6 Å². The fourth-order valence-electron chi connectivity index (χ4n) is 1.45. The van der Waals surface area contributed by atoms with Crippen LogP contribution in [0.2, 0.25) is 0 Å². The number of rotatable bonds is 3. The summed E-state index contributed by atoms with van der Waals surface area (Å²) in [6.07, 6.45) is 6.27. The van der Waals surface area contributed by atoms with E-state index >= 15 is 0 Å². The minimum absolute atomic E-state index is 1.12. The molecule has 0 saturated heterocycles. The lowest BCUT2D eigenvalue weighted by atomic mass is 10.1. The molecular formula is C12H13N. The first-order valence-corrected chi connectivity index (χ1v) is 4.61. The highest BCUT2D eigenvalue weighted by atomic mass is 14.6. The largest absolute Gasteiger partial charge is 0.367 e. The monoisotopic (exact) mass is 171 g/mol. The van der Waals surface area contributed by atoms with Gasteiger partial charge in [0.25, 0.3) is 0 Å². The van der Waals surface area contributed by atoms with Gasteiger partial charge in [-0.15, -0.1) is 0 Å². The Morgan fingerprint density at radius 1 is 0.846 bits per heavy atom. The lowest BCUT2D eigenvalue weighted by molar-refractivity contribution is 0.962. The summed E-state index contributed by atoms with van der Waals surface area (Å²) in [5, 5.41) is 0. The van der Waals surface area contributed by atoms with Crippen LogP contribution in [0.3, 0.4) is 0 Å². The van der Waals surface area contributed by atoms with Gasteiger partial charge in [-0.2, -0.15) is 0 Å². The molecule has 1 aromatic heterocycles. The van der Waals surface area contributed by atoms with E-state index in [0.29, 0.717) is 0 Å².